The van der Waals surface area contributed by atoms with Crippen LogP contribution in [0.2, 0.25) is 0 Å². The van der Waals surface area contributed by atoms with Gasteiger partial charge >= 0.3 is 0 Å². The highest BCUT2D eigenvalue weighted by Gasteiger charge is 2.20. The summed E-state index contributed by atoms with van der Waals surface area (Å²) in [5.41, 5.74) is 14.0. The predicted octanol–water partition coefficient (Wildman–Crippen LogP) is 13.6. The Balaban J connectivity index is 1.06. The predicted molar refractivity (Wildman–Crippen MR) is 231 cm³/mol. The van der Waals surface area contributed by atoms with Crippen LogP contribution in [0.3, 0.4) is 0 Å². The van der Waals surface area contributed by atoms with E-state index in [1.165, 1.54) is 65.8 Å². The molecule has 0 saturated heterocycles. The number of hydrogen-bond acceptors (Lipinski definition) is 1. The second-order valence-corrected chi connectivity index (χ2v) is 14.3. The van der Waals surface area contributed by atoms with Crippen LogP contribution in [0.25, 0.3) is 71.6 Å². The molecule has 3 aromatic heterocycles. The molecule has 0 amide bonds. The van der Waals surface area contributed by atoms with Gasteiger partial charge < -0.3 is 18.6 Å². The summed E-state index contributed by atoms with van der Waals surface area (Å²) in [6.07, 6.45) is 2.19. The molecular weight excluding hydrogens is 669 g/mol. The molecule has 0 radical (unpaired) electrons. The van der Waals surface area contributed by atoms with Gasteiger partial charge in [0, 0.05) is 67.3 Å². The van der Waals surface area contributed by atoms with Crippen molar-refractivity contribution in [3.63, 3.8) is 0 Å². The average Bonchev–Trinajstić information content (AvgIpc) is 3.93. The molecule has 0 aliphatic carbocycles. The van der Waals surface area contributed by atoms with Crippen molar-refractivity contribution in [3.8, 4) is 17.1 Å². The van der Waals surface area contributed by atoms with Crippen LogP contribution in [-0.2, 0) is 0 Å². The summed E-state index contributed by atoms with van der Waals surface area (Å²) >= 11 is 0. The van der Waals surface area contributed by atoms with Gasteiger partial charge in [-0.3, -0.25) is 0 Å². The molecule has 11 rings (SSSR count). The van der Waals surface area contributed by atoms with Crippen molar-refractivity contribution in [3.05, 3.63) is 206 Å². The highest BCUT2D eigenvalue weighted by Crippen LogP contribution is 2.42. The second-order valence-electron chi connectivity index (χ2n) is 14.3. The van der Waals surface area contributed by atoms with E-state index in [9.17, 15) is 0 Å². The smallest absolute Gasteiger partial charge is 0.0548 e. The Kier molecular flexibility index (Phi) is 7.04. The van der Waals surface area contributed by atoms with E-state index >= 15 is 0 Å². The Bertz CT molecular complexity index is 3180. The van der Waals surface area contributed by atoms with Gasteiger partial charge in [-0.25, -0.2) is 0 Å². The molecule has 0 bridgehead atoms. The van der Waals surface area contributed by atoms with Crippen LogP contribution in [0.4, 0.5) is 17.1 Å². The van der Waals surface area contributed by atoms with Crippen molar-refractivity contribution in [2.45, 2.75) is 6.92 Å². The molecule has 0 aliphatic rings. The van der Waals surface area contributed by atoms with Crippen LogP contribution in [0.5, 0.6) is 0 Å². The maximum absolute atomic E-state index is 2.41. The van der Waals surface area contributed by atoms with E-state index in [1.807, 2.05) is 0 Å². The van der Waals surface area contributed by atoms with Crippen molar-refractivity contribution in [2.24, 2.45) is 0 Å². The first kappa shape index (κ1) is 31.2. The fraction of sp³-hybridized carbons (Fsp3) is 0.0196. The van der Waals surface area contributed by atoms with Gasteiger partial charge in [-0.1, -0.05) is 90.5 Å². The van der Waals surface area contributed by atoms with E-state index in [-0.39, 0.29) is 0 Å². The van der Waals surface area contributed by atoms with E-state index < -0.39 is 0 Å². The number of rotatable bonds is 6. The van der Waals surface area contributed by atoms with Crippen molar-refractivity contribution in [1.82, 2.24) is 13.7 Å². The van der Waals surface area contributed by atoms with E-state index in [2.05, 4.69) is 226 Å². The van der Waals surface area contributed by atoms with Gasteiger partial charge in [0.25, 0.3) is 0 Å². The van der Waals surface area contributed by atoms with Gasteiger partial charge in [-0.2, -0.15) is 0 Å². The molecule has 55 heavy (non-hydrogen) atoms. The number of benzene rings is 8. The maximum Gasteiger partial charge on any atom is 0.0548 e. The zero-order chi connectivity index (χ0) is 36.5. The lowest BCUT2D eigenvalue weighted by Crippen LogP contribution is -2.10. The quantitative estimate of drug-likeness (QED) is 0.168. The summed E-state index contributed by atoms with van der Waals surface area (Å²) in [6, 6.07) is 70.3. The third kappa shape index (κ3) is 4.92. The number of aromatic nitrogens is 3. The number of fused-ring (bicyclic) bond motifs is 8. The Morgan fingerprint density at radius 3 is 1.60 bits per heavy atom. The molecule has 11 aromatic rings. The lowest BCUT2D eigenvalue weighted by atomic mass is 10.1. The van der Waals surface area contributed by atoms with Gasteiger partial charge in [0.15, 0.2) is 0 Å². The van der Waals surface area contributed by atoms with Gasteiger partial charge in [0.2, 0.25) is 0 Å². The number of aryl methyl sites for hydroxylation is 1. The Labute approximate surface area is 319 Å². The molecule has 4 heteroatoms. The summed E-state index contributed by atoms with van der Waals surface area (Å²) in [5.74, 6) is 0. The van der Waals surface area contributed by atoms with Gasteiger partial charge in [0.05, 0.1) is 27.6 Å². The number of hydrogen-bond donors (Lipinski definition) is 0. The molecule has 260 valence electrons. The monoisotopic (exact) mass is 704 g/mol. The van der Waals surface area contributed by atoms with Crippen LogP contribution < -0.4 is 4.90 Å². The van der Waals surface area contributed by atoms with Crippen LogP contribution in [0, 0.1) is 6.92 Å². The Morgan fingerprint density at radius 1 is 0.345 bits per heavy atom. The molecule has 0 spiro atoms. The van der Waals surface area contributed by atoms with Gasteiger partial charge in [-0.15, -0.1) is 0 Å². The lowest BCUT2D eigenvalue weighted by Gasteiger charge is -2.26. The average molecular weight is 705 g/mol. The van der Waals surface area contributed by atoms with Gasteiger partial charge in [-0.05, 0) is 116 Å². The first-order chi connectivity index (χ1) is 27.2. The van der Waals surface area contributed by atoms with E-state index in [0.29, 0.717) is 0 Å². The van der Waals surface area contributed by atoms with Crippen molar-refractivity contribution in [1.29, 1.82) is 0 Å². The molecule has 0 unspecified atom stereocenters. The molecule has 0 N–H and O–H groups in total. The first-order valence-electron chi connectivity index (χ1n) is 18.9. The molecule has 0 saturated carbocycles. The standard InChI is InChI=1S/C51H36N4/c1-35-20-22-39(23-21-35)54-47-18-10-8-16-42(47)45-34-41(28-29-49(45)54)53(37-14-6-3-7-15-37)38-24-26-40(27-25-38)55-48-19-11-9-17-43(48)51-44-32-33-52(36-12-4-2-5-13-36)46(44)30-31-50(51)55/h2-34H,1H3. The topological polar surface area (TPSA) is 18.0 Å². The highest BCUT2D eigenvalue weighted by atomic mass is 15.1. The third-order valence-corrected chi connectivity index (χ3v) is 11.1. The molecule has 4 nitrogen and oxygen atoms in total. The maximum atomic E-state index is 2.41. The van der Waals surface area contributed by atoms with E-state index in [0.717, 1.165) is 28.4 Å². The van der Waals surface area contributed by atoms with Crippen molar-refractivity contribution in [2.75, 3.05) is 4.90 Å². The Hall–Kier alpha value is -7.30. The summed E-state index contributed by atoms with van der Waals surface area (Å²) in [4.78, 5) is 2.36. The van der Waals surface area contributed by atoms with E-state index in [4.69, 9.17) is 0 Å². The zero-order valence-electron chi connectivity index (χ0n) is 30.3. The van der Waals surface area contributed by atoms with Crippen molar-refractivity contribution >= 4 is 71.6 Å². The van der Waals surface area contributed by atoms with Crippen LogP contribution >= 0.6 is 0 Å². The van der Waals surface area contributed by atoms with Crippen LogP contribution in [0.1, 0.15) is 5.56 Å². The second kappa shape index (κ2) is 12.4. The van der Waals surface area contributed by atoms with Crippen LogP contribution in [-0.4, -0.2) is 13.7 Å². The number of anilines is 3. The fourth-order valence-electron chi connectivity index (χ4n) is 8.62. The molecule has 3 heterocycles. The molecular formula is C51H36N4. The molecule has 8 aromatic carbocycles. The summed E-state index contributed by atoms with van der Waals surface area (Å²) in [5, 5.41) is 6.24. The number of para-hydroxylation sites is 4. The first-order valence-corrected chi connectivity index (χ1v) is 18.9. The van der Waals surface area contributed by atoms with E-state index in [1.54, 1.807) is 0 Å². The molecule has 0 fully saturated rings. The summed E-state index contributed by atoms with van der Waals surface area (Å²) in [7, 11) is 0. The number of nitrogens with zero attached hydrogens (tertiary/aromatic N) is 4. The third-order valence-electron chi connectivity index (χ3n) is 11.1. The zero-order valence-corrected chi connectivity index (χ0v) is 30.3. The Morgan fingerprint density at radius 2 is 0.855 bits per heavy atom. The summed E-state index contributed by atoms with van der Waals surface area (Å²) in [6.45, 7) is 2.14. The van der Waals surface area contributed by atoms with Gasteiger partial charge in [0.1, 0.15) is 0 Å². The minimum Gasteiger partial charge on any atom is -0.317 e. The molecule has 0 atom stereocenters. The molecule has 0 aliphatic heterocycles. The highest BCUT2D eigenvalue weighted by molar-refractivity contribution is 6.21. The minimum absolute atomic E-state index is 1.10. The SMILES string of the molecule is Cc1ccc(-n2c3ccccc3c3cc(N(c4ccccc4)c4ccc(-n5c6ccccc6c6c7ccn(-c8ccccc8)c7ccc65)cc4)ccc32)cc1. The normalized spacial score (nSPS) is 11.7. The van der Waals surface area contributed by atoms with Crippen molar-refractivity contribution < 1.29 is 0 Å². The fourth-order valence-corrected chi connectivity index (χ4v) is 8.62. The lowest BCUT2D eigenvalue weighted by molar-refractivity contribution is 1.13. The largest absolute Gasteiger partial charge is 0.317 e. The summed E-state index contributed by atoms with van der Waals surface area (Å²) < 4.78 is 7.07. The van der Waals surface area contributed by atoms with Crippen LogP contribution in [0.15, 0.2) is 200 Å². The minimum atomic E-state index is 1.10.